The van der Waals surface area contributed by atoms with Gasteiger partial charge < -0.3 is 16.0 Å². The molecule has 0 aliphatic rings. The van der Waals surface area contributed by atoms with E-state index >= 15 is 0 Å². The molecule has 0 fully saturated rings. The van der Waals surface area contributed by atoms with Gasteiger partial charge >= 0.3 is 0 Å². The Hall–Kier alpha value is -2.37. The smallest absolute Gasteiger partial charge is 0.251 e. The number of carbonyl (C=O) groups is 3. The zero-order valence-electron chi connectivity index (χ0n) is 13.1. The van der Waals surface area contributed by atoms with Gasteiger partial charge in [-0.25, -0.2) is 0 Å². The molecule has 0 aliphatic carbocycles. The first kappa shape index (κ1) is 17.7. The van der Waals surface area contributed by atoms with Crippen molar-refractivity contribution in [1.29, 1.82) is 0 Å². The van der Waals surface area contributed by atoms with Gasteiger partial charge in [0.2, 0.25) is 11.8 Å². The lowest BCUT2D eigenvalue weighted by atomic mass is 10.2. The molecule has 0 atom stereocenters. The lowest BCUT2D eigenvalue weighted by Gasteiger charge is -2.08. The number of carbonyl (C=O) groups excluding carboxylic acids is 3. The second-order valence-electron chi connectivity index (χ2n) is 4.83. The second-order valence-corrected chi connectivity index (χ2v) is 4.83. The lowest BCUT2D eigenvalue weighted by Crippen LogP contribution is -2.34. The molecule has 0 saturated carbocycles. The normalized spacial score (nSPS) is 9.91. The van der Waals surface area contributed by atoms with Gasteiger partial charge in [-0.15, -0.1) is 0 Å². The number of anilines is 1. The molecule has 0 saturated heterocycles. The van der Waals surface area contributed by atoms with Crippen molar-refractivity contribution in [1.82, 2.24) is 10.6 Å². The lowest BCUT2D eigenvalue weighted by molar-refractivity contribution is -0.120. The van der Waals surface area contributed by atoms with Crippen LogP contribution < -0.4 is 16.0 Å². The summed E-state index contributed by atoms with van der Waals surface area (Å²) in [5.74, 6) is -0.287. The quantitative estimate of drug-likeness (QED) is 0.639. The average molecular weight is 305 g/mol. The fraction of sp³-hybridized carbons (Fsp3) is 0.438. The van der Waals surface area contributed by atoms with Crippen molar-refractivity contribution in [3.05, 3.63) is 29.8 Å². The summed E-state index contributed by atoms with van der Waals surface area (Å²) in [5, 5.41) is 8.16. The van der Waals surface area contributed by atoms with Crippen LogP contribution in [-0.2, 0) is 9.59 Å². The molecule has 0 aliphatic heterocycles. The SMILES string of the molecule is CCCC(=O)Nc1ccc(C(=O)NCCNC(=O)CC)cc1. The van der Waals surface area contributed by atoms with Gasteiger partial charge in [-0.1, -0.05) is 13.8 Å². The van der Waals surface area contributed by atoms with Gasteiger partial charge in [0.15, 0.2) is 0 Å². The molecule has 0 bridgehead atoms. The highest BCUT2D eigenvalue weighted by atomic mass is 16.2. The number of rotatable bonds is 8. The van der Waals surface area contributed by atoms with E-state index in [0.717, 1.165) is 6.42 Å². The van der Waals surface area contributed by atoms with Crippen LogP contribution >= 0.6 is 0 Å². The molecule has 0 spiro atoms. The van der Waals surface area contributed by atoms with Crippen molar-refractivity contribution in [3.8, 4) is 0 Å². The van der Waals surface area contributed by atoms with Gasteiger partial charge in [-0.3, -0.25) is 14.4 Å². The molecule has 1 aromatic carbocycles. The van der Waals surface area contributed by atoms with Crippen molar-refractivity contribution in [2.45, 2.75) is 33.1 Å². The summed E-state index contributed by atoms with van der Waals surface area (Å²) >= 11 is 0. The third kappa shape index (κ3) is 6.39. The summed E-state index contributed by atoms with van der Waals surface area (Å²) in [5.41, 5.74) is 1.18. The molecule has 22 heavy (non-hydrogen) atoms. The van der Waals surface area contributed by atoms with Crippen molar-refractivity contribution in [2.75, 3.05) is 18.4 Å². The van der Waals surface area contributed by atoms with E-state index in [9.17, 15) is 14.4 Å². The van der Waals surface area contributed by atoms with Crippen molar-refractivity contribution in [3.63, 3.8) is 0 Å². The summed E-state index contributed by atoms with van der Waals surface area (Å²) < 4.78 is 0. The van der Waals surface area contributed by atoms with E-state index in [-0.39, 0.29) is 17.7 Å². The summed E-state index contributed by atoms with van der Waals surface area (Å²) in [6, 6.07) is 6.70. The molecule has 6 heteroatoms. The third-order valence-electron chi connectivity index (χ3n) is 2.96. The maximum absolute atomic E-state index is 11.9. The standard InChI is InChI=1S/C16H23N3O3/c1-3-5-15(21)19-13-8-6-12(7-9-13)16(22)18-11-10-17-14(20)4-2/h6-9H,3-5,10-11H2,1-2H3,(H,17,20)(H,18,22)(H,19,21). The largest absolute Gasteiger partial charge is 0.354 e. The molecule has 3 N–H and O–H groups in total. The molecule has 120 valence electrons. The van der Waals surface area contributed by atoms with Gasteiger partial charge in [0.1, 0.15) is 0 Å². The fourth-order valence-corrected chi connectivity index (χ4v) is 1.76. The first-order chi connectivity index (χ1) is 10.6. The van der Waals surface area contributed by atoms with E-state index in [1.165, 1.54) is 0 Å². The summed E-state index contributed by atoms with van der Waals surface area (Å²) in [4.78, 5) is 34.4. The van der Waals surface area contributed by atoms with Gasteiger partial charge in [-0.05, 0) is 30.7 Å². The number of hydrogen-bond donors (Lipinski definition) is 3. The van der Waals surface area contributed by atoms with Crippen LogP contribution in [0.4, 0.5) is 5.69 Å². The molecule has 1 rings (SSSR count). The van der Waals surface area contributed by atoms with Crippen LogP contribution in [0.25, 0.3) is 0 Å². The van der Waals surface area contributed by atoms with E-state index in [1.807, 2.05) is 6.92 Å². The number of nitrogens with one attached hydrogen (secondary N) is 3. The summed E-state index contributed by atoms with van der Waals surface area (Å²) in [6.45, 7) is 4.49. The topological polar surface area (TPSA) is 87.3 Å². The maximum atomic E-state index is 11.9. The van der Waals surface area contributed by atoms with E-state index in [2.05, 4.69) is 16.0 Å². The number of hydrogen-bond acceptors (Lipinski definition) is 3. The molecular weight excluding hydrogens is 282 g/mol. The Morgan fingerprint density at radius 2 is 1.55 bits per heavy atom. The van der Waals surface area contributed by atoms with Crippen LogP contribution in [0.5, 0.6) is 0 Å². The number of benzene rings is 1. The molecule has 0 aromatic heterocycles. The summed E-state index contributed by atoms with van der Waals surface area (Å²) in [7, 11) is 0. The number of amides is 3. The van der Waals surface area contributed by atoms with Crippen molar-refractivity contribution in [2.24, 2.45) is 0 Å². The van der Waals surface area contributed by atoms with Crippen LogP contribution in [0.15, 0.2) is 24.3 Å². The van der Waals surface area contributed by atoms with Crippen molar-refractivity contribution < 1.29 is 14.4 Å². The molecule has 0 heterocycles. The van der Waals surface area contributed by atoms with Crippen LogP contribution in [0.1, 0.15) is 43.5 Å². The van der Waals surface area contributed by atoms with Gasteiger partial charge in [-0.2, -0.15) is 0 Å². The predicted molar refractivity (Wildman–Crippen MR) is 85.6 cm³/mol. The Balaban J connectivity index is 2.40. The Kier molecular flexibility index (Phi) is 7.67. The van der Waals surface area contributed by atoms with E-state index in [4.69, 9.17) is 0 Å². The van der Waals surface area contributed by atoms with Gasteiger partial charge in [0.25, 0.3) is 5.91 Å². The first-order valence-corrected chi connectivity index (χ1v) is 7.51. The second kappa shape index (κ2) is 9.55. The molecule has 6 nitrogen and oxygen atoms in total. The highest BCUT2D eigenvalue weighted by Crippen LogP contribution is 2.10. The first-order valence-electron chi connectivity index (χ1n) is 7.51. The minimum Gasteiger partial charge on any atom is -0.354 e. The molecule has 3 amide bonds. The zero-order chi connectivity index (χ0) is 16.4. The van der Waals surface area contributed by atoms with Gasteiger partial charge in [0.05, 0.1) is 0 Å². The molecular formula is C16H23N3O3. The summed E-state index contributed by atoms with van der Waals surface area (Å²) in [6.07, 6.45) is 1.70. The maximum Gasteiger partial charge on any atom is 0.251 e. The molecule has 0 radical (unpaired) electrons. The average Bonchev–Trinajstić information content (AvgIpc) is 2.52. The highest BCUT2D eigenvalue weighted by Gasteiger charge is 2.06. The van der Waals surface area contributed by atoms with Crippen LogP contribution in [-0.4, -0.2) is 30.8 Å². The Morgan fingerprint density at radius 1 is 0.909 bits per heavy atom. The highest BCUT2D eigenvalue weighted by molar-refractivity contribution is 5.95. The molecule has 0 unspecified atom stereocenters. The molecule has 1 aromatic rings. The minimum atomic E-state index is -0.211. The Labute approximate surface area is 130 Å². The van der Waals surface area contributed by atoms with Crippen LogP contribution in [0.2, 0.25) is 0 Å². The third-order valence-corrected chi connectivity index (χ3v) is 2.96. The minimum absolute atomic E-state index is 0.0358. The van der Waals surface area contributed by atoms with Crippen molar-refractivity contribution >= 4 is 23.4 Å². The Bertz CT molecular complexity index is 512. The van der Waals surface area contributed by atoms with Gasteiger partial charge in [0, 0.05) is 37.2 Å². The van der Waals surface area contributed by atoms with E-state index in [0.29, 0.717) is 37.2 Å². The van der Waals surface area contributed by atoms with E-state index in [1.54, 1.807) is 31.2 Å². The zero-order valence-corrected chi connectivity index (χ0v) is 13.1. The van der Waals surface area contributed by atoms with Crippen LogP contribution in [0.3, 0.4) is 0 Å². The fourth-order valence-electron chi connectivity index (χ4n) is 1.76. The predicted octanol–water partition coefficient (Wildman–Crippen LogP) is 1.68. The van der Waals surface area contributed by atoms with Crippen LogP contribution in [0, 0.1) is 0 Å². The monoisotopic (exact) mass is 305 g/mol. The van der Waals surface area contributed by atoms with E-state index < -0.39 is 0 Å². The Morgan fingerprint density at radius 3 is 2.14 bits per heavy atom.